The van der Waals surface area contributed by atoms with E-state index < -0.39 is 0 Å². The van der Waals surface area contributed by atoms with Gasteiger partial charge in [-0.2, -0.15) is 0 Å². The number of aromatic nitrogens is 1. The van der Waals surface area contributed by atoms with Crippen molar-refractivity contribution in [2.45, 2.75) is 45.3 Å². The average molecular weight is 277 g/mol. The van der Waals surface area contributed by atoms with Gasteiger partial charge in [0.2, 0.25) is 0 Å². The van der Waals surface area contributed by atoms with E-state index >= 15 is 0 Å². The van der Waals surface area contributed by atoms with Crippen LogP contribution in [0.25, 0.3) is 0 Å². The molecule has 0 aromatic carbocycles. The summed E-state index contributed by atoms with van der Waals surface area (Å²) in [6, 6.07) is 4.19. The number of methoxy groups -OCH3 is 1. The summed E-state index contributed by atoms with van der Waals surface area (Å²) < 4.78 is 5.67. The van der Waals surface area contributed by atoms with Crippen LogP contribution in [-0.2, 0) is 11.3 Å². The third kappa shape index (κ3) is 3.93. The fourth-order valence-electron chi connectivity index (χ4n) is 2.82. The number of ether oxygens (including phenoxy) is 1. The number of rotatable bonds is 6. The second-order valence-electron chi connectivity index (χ2n) is 5.91. The van der Waals surface area contributed by atoms with Crippen molar-refractivity contribution in [2.24, 2.45) is 0 Å². The van der Waals surface area contributed by atoms with Crippen molar-refractivity contribution in [1.29, 1.82) is 0 Å². The summed E-state index contributed by atoms with van der Waals surface area (Å²) >= 11 is 0. The van der Waals surface area contributed by atoms with Gasteiger partial charge < -0.3 is 10.1 Å². The first-order chi connectivity index (χ1) is 9.67. The highest BCUT2D eigenvalue weighted by Gasteiger charge is 2.30. The molecule has 4 nitrogen and oxygen atoms in total. The van der Waals surface area contributed by atoms with Crippen LogP contribution in [0, 0.1) is 0 Å². The van der Waals surface area contributed by atoms with Crippen molar-refractivity contribution in [3.8, 4) is 0 Å². The highest BCUT2D eigenvalue weighted by molar-refractivity contribution is 5.43. The molecular formula is C16H27N3O. The molecule has 1 N–H and O–H groups in total. The Hall–Kier alpha value is -1.13. The molecule has 4 heteroatoms. The van der Waals surface area contributed by atoms with Gasteiger partial charge in [-0.1, -0.05) is 13.0 Å². The first-order valence-electron chi connectivity index (χ1n) is 7.62. The van der Waals surface area contributed by atoms with E-state index in [0.717, 1.165) is 44.8 Å². The van der Waals surface area contributed by atoms with Gasteiger partial charge in [-0.3, -0.25) is 4.90 Å². The molecule has 0 amide bonds. The largest absolute Gasteiger partial charge is 0.377 e. The molecule has 20 heavy (non-hydrogen) atoms. The van der Waals surface area contributed by atoms with Gasteiger partial charge in [-0.25, -0.2) is 4.98 Å². The SMILES string of the molecule is CCCNc1ncccc1CN1CCCC(C)(OC)C1. The van der Waals surface area contributed by atoms with Crippen LogP contribution in [-0.4, -0.2) is 42.2 Å². The monoisotopic (exact) mass is 277 g/mol. The summed E-state index contributed by atoms with van der Waals surface area (Å²) in [6.45, 7) is 8.42. The molecule has 1 aromatic heterocycles. The van der Waals surface area contributed by atoms with Crippen molar-refractivity contribution in [2.75, 3.05) is 32.1 Å². The Balaban J connectivity index is 2.02. The van der Waals surface area contributed by atoms with Crippen molar-refractivity contribution < 1.29 is 4.74 Å². The first kappa shape index (κ1) is 15.3. The quantitative estimate of drug-likeness (QED) is 0.867. The molecule has 1 aliphatic rings. The molecule has 0 bridgehead atoms. The minimum Gasteiger partial charge on any atom is -0.377 e. The van der Waals surface area contributed by atoms with Crippen LogP contribution in [0.2, 0.25) is 0 Å². The standard InChI is InChI=1S/C16H27N3O/c1-4-9-17-15-14(7-5-10-18-15)12-19-11-6-8-16(2,13-19)20-3/h5,7,10H,4,6,8-9,11-13H2,1-3H3,(H,17,18). The van der Waals surface area contributed by atoms with Crippen LogP contribution in [0.1, 0.15) is 38.7 Å². The van der Waals surface area contributed by atoms with Crippen LogP contribution >= 0.6 is 0 Å². The normalized spacial score (nSPS) is 23.8. The van der Waals surface area contributed by atoms with Crippen LogP contribution in [0.3, 0.4) is 0 Å². The van der Waals surface area contributed by atoms with Crippen LogP contribution in [0.4, 0.5) is 5.82 Å². The molecule has 112 valence electrons. The van der Waals surface area contributed by atoms with E-state index in [4.69, 9.17) is 4.74 Å². The number of nitrogens with zero attached hydrogens (tertiary/aromatic N) is 2. The smallest absolute Gasteiger partial charge is 0.130 e. The van der Waals surface area contributed by atoms with Crippen LogP contribution in [0.15, 0.2) is 18.3 Å². The average Bonchev–Trinajstić information content (AvgIpc) is 2.46. The number of hydrogen-bond acceptors (Lipinski definition) is 4. The fraction of sp³-hybridized carbons (Fsp3) is 0.688. The predicted molar refractivity (Wildman–Crippen MR) is 82.9 cm³/mol. The topological polar surface area (TPSA) is 37.4 Å². The molecule has 1 aromatic rings. The second kappa shape index (κ2) is 7.04. The molecule has 1 fully saturated rings. The summed E-state index contributed by atoms with van der Waals surface area (Å²) in [5.41, 5.74) is 1.28. The summed E-state index contributed by atoms with van der Waals surface area (Å²) in [5.74, 6) is 1.03. The maximum absolute atomic E-state index is 5.67. The number of anilines is 1. The molecule has 1 atom stereocenters. The lowest BCUT2D eigenvalue weighted by Gasteiger charge is -2.39. The summed E-state index contributed by atoms with van der Waals surface area (Å²) in [6.07, 6.45) is 5.31. The van der Waals surface area contributed by atoms with E-state index in [1.807, 2.05) is 19.4 Å². The van der Waals surface area contributed by atoms with Gasteiger partial charge in [0.25, 0.3) is 0 Å². The number of pyridine rings is 1. The zero-order valence-corrected chi connectivity index (χ0v) is 13.0. The lowest BCUT2D eigenvalue weighted by Crippen LogP contribution is -2.46. The van der Waals surface area contributed by atoms with Gasteiger partial charge in [-0.15, -0.1) is 0 Å². The predicted octanol–water partition coefficient (Wildman–Crippen LogP) is 2.90. The zero-order chi connectivity index (χ0) is 14.4. The van der Waals surface area contributed by atoms with E-state index in [1.54, 1.807) is 0 Å². The summed E-state index contributed by atoms with van der Waals surface area (Å²) in [5, 5.41) is 3.42. The number of likely N-dealkylation sites (tertiary alicyclic amines) is 1. The lowest BCUT2D eigenvalue weighted by molar-refractivity contribution is -0.0526. The summed E-state index contributed by atoms with van der Waals surface area (Å²) in [7, 11) is 1.82. The third-order valence-corrected chi connectivity index (χ3v) is 4.06. The molecule has 0 saturated carbocycles. The van der Waals surface area contributed by atoms with Gasteiger partial charge in [0.05, 0.1) is 5.60 Å². The first-order valence-corrected chi connectivity index (χ1v) is 7.62. The highest BCUT2D eigenvalue weighted by atomic mass is 16.5. The molecule has 1 unspecified atom stereocenters. The second-order valence-corrected chi connectivity index (χ2v) is 5.91. The van der Waals surface area contributed by atoms with E-state index in [2.05, 4.69) is 35.1 Å². The maximum Gasteiger partial charge on any atom is 0.130 e. The van der Waals surface area contributed by atoms with Crippen LogP contribution < -0.4 is 5.32 Å². The minimum absolute atomic E-state index is 0.00251. The van der Waals surface area contributed by atoms with Crippen molar-refractivity contribution >= 4 is 5.82 Å². The Labute approximate surface area is 122 Å². The number of piperidine rings is 1. The van der Waals surface area contributed by atoms with Gasteiger partial charge in [-0.05, 0) is 38.8 Å². The summed E-state index contributed by atoms with van der Waals surface area (Å²) in [4.78, 5) is 6.94. The highest BCUT2D eigenvalue weighted by Crippen LogP contribution is 2.26. The van der Waals surface area contributed by atoms with E-state index in [-0.39, 0.29) is 5.60 Å². The van der Waals surface area contributed by atoms with E-state index in [9.17, 15) is 0 Å². The zero-order valence-electron chi connectivity index (χ0n) is 13.0. The van der Waals surface area contributed by atoms with Gasteiger partial charge in [0.1, 0.15) is 5.82 Å². The Morgan fingerprint density at radius 1 is 1.50 bits per heavy atom. The van der Waals surface area contributed by atoms with E-state index in [0.29, 0.717) is 0 Å². The Morgan fingerprint density at radius 3 is 3.10 bits per heavy atom. The molecule has 0 radical (unpaired) electrons. The molecule has 0 spiro atoms. The Morgan fingerprint density at radius 2 is 2.35 bits per heavy atom. The Bertz CT molecular complexity index is 424. The van der Waals surface area contributed by atoms with Crippen LogP contribution in [0.5, 0.6) is 0 Å². The molecular weight excluding hydrogens is 250 g/mol. The van der Waals surface area contributed by atoms with Crippen molar-refractivity contribution in [3.05, 3.63) is 23.9 Å². The fourth-order valence-corrected chi connectivity index (χ4v) is 2.82. The molecule has 1 aliphatic heterocycles. The van der Waals surface area contributed by atoms with Crippen molar-refractivity contribution in [3.63, 3.8) is 0 Å². The third-order valence-electron chi connectivity index (χ3n) is 4.06. The van der Waals surface area contributed by atoms with Gasteiger partial charge in [0, 0.05) is 38.5 Å². The maximum atomic E-state index is 5.67. The van der Waals surface area contributed by atoms with E-state index in [1.165, 1.54) is 12.0 Å². The van der Waals surface area contributed by atoms with Crippen molar-refractivity contribution in [1.82, 2.24) is 9.88 Å². The molecule has 0 aliphatic carbocycles. The molecule has 2 rings (SSSR count). The lowest BCUT2D eigenvalue weighted by atomic mass is 9.94. The Kier molecular flexibility index (Phi) is 5.38. The number of nitrogens with one attached hydrogen (secondary N) is 1. The van der Waals surface area contributed by atoms with Gasteiger partial charge >= 0.3 is 0 Å². The minimum atomic E-state index is -0.00251. The molecule has 1 saturated heterocycles. The number of hydrogen-bond donors (Lipinski definition) is 1. The van der Waals surface area contributed by atoms with Gasteiger partial charge in [0.15, 0.2) is 0 Å². The molecule has 2 heterocycles.